The number of carbonyl (C=O) groups is 1. The van der Waals surface area contributed by atoms with E-state index in [9.17, 15) is 4.79 Å². The molecule has 1 saturated heterocycles. The quantitative estimate of drug-likeness (QED) is 0.563. The van der Waals surface area contributed by atoms with Crippen LogP contribution >= 0.6 is 0 Å². The van der Waals surface area contributed by atoms with E-state index in [2.05, 4.69) is 10.2 Å². The van der Waals surface area contributed by atoms with Crippen molar-refractivity contribution in [3.05, 3.63) is 12.3 Å². The molecule has 1 N–H and O–H groups in total. The van der Waals surface area contributed by atoms with E-state index in [0.717, 1.165) is 19.4 Å². The van der Waals surface area contributed by atoms with Crippen LogP contribution in [0.15, 0.2) is 12.3 Å². The van der Waals surface area contributed by atoms with Crippen LogP contribution in [0, 0.1) is 5.92 Å². The van der Waals surface area contributed by atoms with Gasteiger partial charge in [-0.15, -0.1) is 0 Å². The van der Waals surface area contributed by atoms with E-state index in [1.165, 1.54) is 0 Å². The average Bonchev–Trinajstić information content (AvgIpc) is 2.30. The molecule has 1 amide bonds. The van der Waals surface area contributed by atoms with Gasteiger partial charge >= 0.3 is 0 Å². The van der Waals surface area contributed by atoms with Gasteiger partial charge in [-0.25, -0.2) is 0 Å². The Kier molecular flexibility index (Phi) is 1.79. The third-order valence-electron chi connectivity index (χ3n) is 2.74. The van der Waals surface area contributed by atoms with Crippen molar-refractivity contribution in [3.63, 3.8) is 0 Å². The molecule has 12 heavy (non-hydrogen) atoms. The second kappa shape index (κ2) is 2.81. The van der Waals surface area contributed by atoms with Gasteiger partial charge in [-0.3, -0.25) is 4.79 Å². The summed E-state index contributed by atoms with van der Waals surface area (Å²) < 4.78 is 0. The van der Waals surface area contributed by atoms with Crippen LogP contribution in [-0.4, -0.2) is 30.4 Å². The van der Waals surface area contributed by atoms with E-state index in [0.29, 0.717) is 6.04 Å². The van der Waals surface area contributed by atoms with E-state index in [-0.39, 0.29) is 11.8 Å². The Labute approximate surface area is 72.4 Å². The highest BCUT2D eigenvalue weighted by Gasteiger charge is 2.33. The molecular formula is C9H14N2O. The monoisotopic (exact) mass is 166 g/mol. The number of hydrogen-bond acceptors (Lipinski definition) is 2. The van der Waals surface area contributed by atoms with Gasteiger partial charge in [0.1, 0.15) is 0 Å². The zero-order valence-corrected chi connectivity index (χ0v) is 7.29. The molecule has 2 atom stereocenters. The molecule has 0 radical (unpaired) electrons. The van der Waals surface area contributed by atoms with E-state index in [1.807, 2.05) is 19.3 Å². The van der Waals surface area contributed by atoms with Gasteiger partial charge in [0.05, 0.1) is 5.92 Å². The topological polar surface area (TPSA) is 32.3 Å². The summed E-state index contributed by atoms with van der Waals surface area (Å²) in [6.07, 6.45) is 6.23. The van der Waals surface area contributed by atoms with Crippen molar-refractivity contribution in [2.45, 2.75) is 18.9 Å². The number of fused-ring (bicyclic) bond motifs is 1. The molecule has 0 aromatic carbocycles. The summed E-state index contributed by atoms with van der Waals surface area (Å²) in [5.74, 6) is 0.288. The maximum atomic E-state index is 11.5. The van der Waals surface area contributed by atoms with Crippen LogP contribution in [0.3, 0.4) is 0 Å². The summed E-state index contributed by atoms with van der Waals surface area (Å²) >= 11 is 0. The van der Waals surface area contributed by atoms with E-state index in [1.54, 1.807) is 0 Å². The van der Waals surface area contributed by atoms with Gasteiger partial charge in [0.2, 0.25) is 5.91 Å². The zero-order chi connectivity index (χ0) is 8.55. The van der Waals surface area contributed by atoms with Crippen LogP contribution in [0.25, 0.3) is 0 Å². The number of nitrogens with zero attached hydrogens (tertiary/aromatic N) is 1. The minimum Gasteiger partial charge on any atom is -0.377 e. The predicted octanol–water partition coefficient (Wildman–Crippen LogP) is 0.340. The van der Waals surface area contributed by atoms with Gasteiger partial charge in [-0.1, -0.05) is 6.08 Å². The first-order valence-electron chi connectivity index (χ1n) is 4.47. The summed E-state index contributed by atoms with van der Waals surface area (Å²) in [7, 11) is 2.04. The van der Waals surface area contributed by atoms with Crippen LogP contribution in [0.1, 0.15) is 12.8 Å². The Morgan fingerprint density at radius 2 is 2.50 bits per heavy atom. The molecule has 66 valence electrons. The Morgan fingerprint density at radius 1 is 1.67 bits per heavy atom. The normalized spacial score (nSPS) is 34.4. The molecule has 2 unspecified atom stereocenters. The van der Waals surface area contributed by atoms with Crippen molar-refractivity contribution in [1.29, 1.82) is 0 Å². The highest BCUT2D eigenvalue weighted by molar-refractivity contribution is 5.81. The Balaban J connectivity index is 2.17. The lowest BCUT2D eigenvalue weighted by Gasteiger charge is -2.22. The number of carbonyl (C=O) groups excluding carboxylic acids is 1. The maximum absolute atomic E-state index is 11.5. The van der Waals surface area contributed by atoms with Crippen molar-refractivity contribution in [3.8, 4) is 0 Å². The second-order valence-electron chi connectivity index (χ2n) is 3.53. The summed E-state index contributed by atoms with van der Waals surface area (Å²) in [6.45, 7) is 0.841. The number of rotatable bonds is 0. The van der Waals surface area contributed by atoms with Crippen molar-refractivity contribution in [1.82, 2.24) is 10.2 Å². The number of hydrogen-bond donors (Lipinski definition) is 1. The first-order valence-corrected chi connectivity index (χ1v) is 4.47. The molecular weight excluding hydrogens is 152 g/mol. The molecule has 0 aliphatic carbocycles. The minimum absolute atomic E-state index is 0.0949. The molecule has 2 heterocycles. The Hall–Kier alpha value is -0.990. The van der Waals surface area contributed by atoms with Gasteiger partial charge in [-0.05, 0) is 19.0 Å². The largest absolute Gasteiger partial charge is 0.377 e. The van der Waals surface area contributed by atoms with Crippen molar-refractivity contribution >= 4 is 5.91 Å². The molecule has 0 spiro atoms. The molecule has 0 aromatic rings. The fourth-order valence-electron chi connectivity index (χ4n) is 2.01. The minimum atomic E-state index is 0.0949. The first-order chi connectivity index (χ1) is 5.79. The number of nitrogens with one attached hydrogen (secondary N) is 1. The highest BCUT2D eigenvalue weighted by atomic mass is 16.1. The maximum Gasteiger partial charge on any atom is 0.229 e. The van der Waals surface area contributed by atoms with Crippen LogP contribution in [0.4, 0.5) is 0 Å². The average molecular weight is 166 g/mol. The summed E-state index contributed by atoms with van der Waals surface area (Å²) in [5, 5.41) is 2.92. The van der Waals surface area contributed by atoms with Crippen molar-refractivity contribution in [2.75, 3.05) is 13.6 Å². The van der Waals surface area contributed by atoms with Gasteiger partial charge in [-0.2, -0.15) is 0 Å². The molecule has 3 heteroatoms. The van der Waals surface area contributed by atoms with E-state index >= 15 is 0 Å². The highest BCUT2D eigenvalue weighted by Crippen LogP contribution is 2.25. The molecule has 2 aliphatic heterocycles. The molecule has 2 rings (SSSR count). The molecule has 0 bridgehead atoms. The smallest absolute Gasteiger partial charge is 0.229 e. The molecule has 0 saturated carbocycles. The van der Waals surface area contributed by atoms with Gasteiger partial charge < -0.3 is 10.2 Å². The fraction of sp³-hybridized carbons (Fsp3) is 0.667. The van der Waals surface area contributed by atoms with Gasteiger partial charge in [0, 0.05) is 19.6 Å². The first kappa shape index (κ1) is 7.65. The van der Waals surface area contributed by atoms with Crippen molar-refractivity contribution < 1.29 is 4.79 Å². The van der Waals surface area contributed by atoms with Crippen LogP contribution in [-0.2, 0) is 4.79 Å². The lowest BCUT2D eigenvalue weighted by atomic mass is 9.99. The third-order valence-corrected chi connectivity index (χ3v) is 2.74. The Bertz CT molecular complexity index is 225. The lowest BCUT2D eigenvalue weighted by molar-refractivity contribution is -0.124. The van der Waals surface area contributed by atoms with Gasteiger partial charge in [0.15, 0.2) is 0 Å². The second-order valence-corrected chi connectivity index (χ2v) is 3.53. The standard InChI is InChI=1S/C9H14N2O/c1-11-6-4-7-8(11)3-2-5-10-9(7)12/h4,6-8H,2-3,5H2,1H3,(H,10,12). The zero-order valence-electron chi connectivity index (χ0n) is 7.29. The molecule has 3 nitrogen and oxygen atoms in total. The van der Waals surface area contributed by atoms with E-state index in [4.69, 9.17) is 0 Å². The lowest BCUT2D eigenvalue weighted by Crippen LogP contribution is -2.35. The van der Waals surface area contributed by atoms with E-state index < -0.39 is 0 Å². The number of amides is 1. The summed E-state index contributed by atoms with van der Waals surface area (Å²) in [4.78, 5) is 13.6. The van der Waals surface area contributed by atoms with Crippen LogP contribution in [0.5, 0.6) is 0 Å². The molecule has 2 aliphatic rings. The van der Waals surface area contributed by atoms with Crippen LogP contribution in [0.2, 0.25) is 0 Å². The summed E-state index contributed by atoms with van der Waals surface area (Å²) in [5.41, 5.74) is 0. The SMILES string of the molecule is CN1C=CC2C(=O)NCCCC21. The summed E-state index contributed by atoms with van der Waals surface area (Å²) in [6, 6.07) is 0.410. The van der Waals surface area contributed by atoms with Crippen molar-refractivity contribution in [2.24, 2.45) is 5.92 Å². The Morgan fingerprint density at radius 3 is 3.33 bits per heavy atom. The third kappa shape index (κ3) is 1.09. The van der Waals surface area contributed by atoms with Crippen LogP contribution < -0.4 is 5.32 Å². The van der Waals surface area contributed by atoms with Gasteiger partial charge in [0.25, 0.3) is 0 Å². The fourth-order valence-corrected chi connectivity index (χ4v) is 2.01. The molecule has 1 fully saturated rings. The molecule has 0 aromatic heterocycles. The predicted molar refractivity (Wildman–Crippen MR) is 46.4 cm³/mol.